The number of rotatable bonds is 6. The van der Waals surface area contributed by atoms with E-state index >= 15 is 0 Å². The first-order valence-electron chi connectivity index (χ1n) is 7.98. The number of benzene rings is 2. The minimum absolute atomic E-state index is 0.0227. The largest absolute Gasteiger partial charge is 0.496 e. The Morgan fingerprint density at radius 1 is 1.15 bits per heavy atom. The van der Waals surface area contributed by atoms with Gasteiger partial charge in [-0.25, -0.2) is 0 Å². The molecule has 0 bridgehead atoms. The second-order valence-electron chi connectivity index (χ2n) is 5.76. The molecule has 2 aromatic carbocycles. The molecule has 3 rings (SSSR count). The zero-order valence-electron chi connectivity index (χ0n) is 14.7. The second-order valence-corrected chi connectivity index (χ2v) is 7.56. The molecule has 5 nitrogen and oxygen atoms in total. The lowest BCUT2D eigenvalue weighted by atomic mass is 10.1. The van der Waals surface area contributed by atoms with Crippen molar-refractivity contribution in [2.45, 2.75) is 19.0 Å². The Bertz CT molecular complexity index is 938. The summed E-state index contributed by atoms with van der Waals surface area (Å²) in [5.74, 6) is 1.79. The molecular weight excluding hydrogens is 414 g/mol. The molecule has 0 aliphatic rings. The first-order valence-corrected chi connectivity index (χ1v) is 9.76. The highest BCUT2D eigenvalue weighted by atomic mass is 79.9. The average Bonchev–Trinajstić information content (AvgIpc) is 3.01. The van der Waals surface area contributed by atoms with Gasteiger partial charge in [0.15, 0.2) is 10.9 Å². The zero-order valence-corrected chi connectivity index (χ0v) is 17.1. The molecule has 0 amide bonds. The summed E-state index contributed by atoms with van der Waals surface area (Å²) in [6, 6.07) is 13.5. The summed E-state index contributed by atoms with van der Waals surface area (Å²) in [5.41, 5.74) is 2.80. The van der Waals surface area contributed by atoms with E-state index in [0.29, 0.717) is 16.5 Å². The van der Waals surface area contributed by atoms with Crippen LogP contribution in [0.5, 0.6) is 5.75 Å². The van der Waals surface area contributed by atoms with Gasteiger partial charge in [-0.15, -0.1) is 10.2 Å². The molecule has 0 unspecified atom stereocenters. The first-order chi connectivity index (χ1) is 12.5. The number of carbonyl (C=O) groups is 1. The lowest BCUT2D eigenvalue weighted by Crippen LogP contribution is -2.05. The Kier molecular flexibility index (Phi) is 5.78. The van der Waals surface area contributed by atoms with Gasteiger partial charge in [-0.3, -0.25) is 9.36 Å². The van der Waals surface area contributed by atoms with Crippen molar-refractivity contribution in [1.82, 2.24) is 14.8 Å². The summed E-state index contributed by atoms with van der Waals surface area (Å²) in [4.78, 5) is 12.5. The van der Waals surface area contributed by atoms with Crippen LogP contribution in [-0.4, -0.2) is 33.4 Å². The molecule has 26 heavy (non-hydrogen) atoms. The number of ether oxygens (including phenoxy) is 1. The summed E-state index contributed by atoms with van der Waals surface area (Å²) in [5, 5.41) is 9.08. The fourth-order valence-corrected chi connectivity index (χ4v) is 3.91. The van der Waals surface area contributed by atoms with Crippen LogP contribution in [0.15, 0.2) is 52.1 Å². The third-order valence-corrected chi connectivity index (χ3v) is 5.44. The van der Waals surface area contributed by atoms with E-state index in [1.165, 1.54) is 17.3 Å². The van der Waals surface area contributed by atoms with Crippen molar-refractivity contribution in [1.29, 1.82) is 0 Å². The van der Waals surface area contributed by atoms with Gasteiger partial charge in [0.2, 0.25) is 0 Å². The molecule has 0 saturated carbocycles. The summed E-state index contributed by atoms with van der Waals surface area (Å²) in [7, 11) is 1.59. The molecule has 0 aliphatic carbocycles. The highest BCUT2D eigenvalue weighted by Gasteiger charge is 2.15. The molecule has 1 heterocycles. The van der Waals surface area contributed by atoms with Gasteiger partial charge in [-0.2, -0.15) is 0 Å². The van der Waals surface area contributed by atoms with Crippen molar-refractivity contribution in [3.05, 3.63) is 63.9 Å². The van der Waals surface area contributed by atoms with Crippen molar-refractivity contribution in [3.63, 3.8) is 0 Å². The number of hydrogen-bond acceptors (Lipinski definition) is 5. The molecule has 134 valence electrons. The molecule has 0 saturated heterocycles. The van der Waals surface area contributed by atoms with Crippen LogP contribution in [0.4, 0.5) is 0 Å². The van der Waals surface area contributed by atoms with E-state index in [9.17, 15) is 4.79 Å². The van der Waals surface area contributed by atoms with E-state index < -0.39 is 0 Å². The number of thioether (sulfide) groups is 1. The molecule has 0 N–H and O–H groups in total. The van der Waals surface area contributed by atoms with Gasteiger partial charge < -0.3 is 4.74 Å². The maximum Gasteiger partial charge on any atom is 0.196 e. The van der Waals surface area contributed by atoms with Crippen LogP contribution in [0.25, 0.3) is 5.69 Å². The van der Waals surface area contributed by atoms with E-state index in [4.69, 9.17) is 4.74 Å². The van der Waals surface area contributed by atoms with E-state index in [-0.39, 0.29) is 11.5 Å². The number of methoxy groups -OCH3 is 1. The van der Waals surface area contributed by atoms with Crippen LogP contribution in [0, 0.1) is 13.8 Å². The smallest absolute Gasteiger partial charge is 0.196 e. The van der Waals surface area contributed by atoms with Crippen molar-refractivity contribution in [2.24, 2.45) is 0 Å². The fraction of sp³-hybridized carbons (Fsp3) is 0.211. The van der Waals surface area contributed by atoms with Gasteiger partial charge in [0.25, 0.3) is 0 Å². The molecule has 3 aromatic rings. The first kappa shape index (κ1) is 18.7. The minimum atomic E-state index is 0.0227. The zero-order chi connectivity index (χ0) is 18.7. The number of halogens is 1. The monoisotopic (exact) mass is 431 g/mol. The number of carbonyl (C=O) groups excluding carboxylic acids is 1. The lowest BCUT2D eigenvalue weighted by molar-refractivity contribution is 0.102. The molecular formula is C19H18BrN3O2S. The second kappa shape index (κ2) is 8.05. The standard InChI is InChI=1S/C19H18BrN3O2S/c1-12-4-7-15(8-5-12)23-13(2)21-22-19(23)26-11-17(24)14-6-9-18(25-3)16(20)10-14/h4-10H,11H2,1-3H3. The van der Waals surface area contributed by atoms with Gasteiger partial charge in [-0.05, 0) is 60.1 Å². The van der Waals surface area contributed by atoms with E-state index in [1.807, 2.05) is 42.7 Å². The maximum atomic E-state index is 12.5. The van der Waals surface area contributed by atoms with Crippen LogP contribution in [-0.2, 0) is 0 Å². The number of aryl methyl sites for hydroxylation is 2. The van der Waals surface area contributed by atoms with Crippen LogP contribution in [0.2, 0.25) is 0 Å². The minimum Gasteiger partial charge on any atom is -0.496 e. The van der Waals surface area contributed by atoms with Crippen molar-refractivity contribution in [3.8, 4) is 11.4 Å². The van der Waals surface area contributed by atoms with E-state index in [0.717, 1.165) is 16.0 Å². The summed E-state index contributed by atoms with van der Waals surface area (Å²) < 4.78 is 7.92. The molecule has 0 radical (unpaired) electrons. The third kappa shape index (κ3) is 3.99. The van der Waals surface area contributed by atoms with E-state index in [1.54, 1.807) is 25.3 Å². The Morgan fingerprint density at radius 3 is 2.54 bits per heavy atom. The third-order valence-electron chi connectivity index (χ3n) is 3.89. The Hall–Kier alpha value is -2.12. The van der Waals surface area contributed by atoms with Gasteiger partial charge in [0, 0.05) is 11.3 Å². The number of hydrogen-bond donors (Lipinski definition) is 0. The van der Waals surface area contributed by atoms with Gasteiger partial charge in [0.1, 0.15) is 11.6 Å². The highest BCUT2D eigenvalue weighted by molar-refractivity contribution is 9.10. The average molecular weight is 432 g/mol. The molecule has 0 aliphatic heterocycles. The van der Waals surface area contributed by atoms with Crippen LogP contribution < -0.4 is 4.74 Å². The number of Topliss-reactive ketones (excluding diaryl/α,β-unsaturated/α-hetero) is 1. The van der Waals surface area contributed by atoms with Crippen LogP contribution in [0.3, 0.4) is 0 Å². The maximum absolute atomic E-state index is 12.5. The van der Waals surface area contributed by atoms with Gasteiger partial charge in [-0.1, -0.05) is 29.5 Å². The Morgan fingerprint density at radius 2 is 1.88 bits per heavy atom. The quantitative estimate of drug-likeness (QED) is 0.420. The van der Waals surface area contributed by atoms with Crippen LogP contribution in [0.1, 0.15) is 21.7 Å². The number of aromatic nitrogens is 3. The van der Waals surface area contributed by atoms with Crippen molar-refractivity contribution in [2.75, 3.05) is 12.9 Å². The molecule has 1 aromatic heterocycles. The Labute approximate surface area is 164 Å². The normalized spacial score (nSPS) is 10.8. The predicted molar refractivity (Wildman–Crippen MR) is 107 cm³/mol. The predicted octanol–water partition coefficient (Wildman–Crippen LogP) is 4.63. The molecule has 0 fully saturated rings. The highest BCUT2D eigenvalue weighted by Crippen LogP contribution is 2.27. The summed E-state index contributed by atoms with van der Waals surface area (Å²) >= 11 is 4.79. The Balaban J connectivity index is 1.77. The lowest BCUT2D eigenvalue weighted by Gasteiger charge is -2.09. The van der Waals surface area contributed by atoms with E-state index in [2.05, 4.69) is 26.1 Å². The molecule has 0 spiro atoms. The van der Waals surface area contributed by atoms with Crippen LogP contribution >= 0.6 is 27.7 Å². The van der Waals surface area contributed by atoms with Gasteiger partial charge in [0.05, 0.1) is 17.3 Å². The molecule has 0 atom stereocenters. The molecule has 7 heteroatoms. The summed E-state index contributed by atoms with van der Waals surface area (Å²) in [6.07, 6.45) is 0. The number of ketones is 1. The topological polar surface area (TPSA) is 57.0 Å². The summed E-state index contributed by atoms with van der Waals surface area (Å²) in [6.45, 7) is 3.95. The number of nitrogens with zero attached hydrogens (tertiary/aromatic N) is 3. The van der Waals surface area contributed by atoms with Crippen molar-refractivity contribution < 1.29 is 9.53 Å². The van der Waals surface area contributed by atoms with Crippen molar-refractivity contribution >= 4 is 33.5 Å². The fourth-order valence-electron chi connectivity index (χ4n) is 2.48. The van der Waals surface area contributed by atoms with Gasteiger partial charge >= 0.3 is 0 Å². The SMILES string of the molecule is COc1ccc(C(=O)CSc2nnc(C)n2-c2ccc(C)cc2)cc1Br.